The molecule has 0 fully saturated rings. The molecule has 0 aliphatic rings. The maximum absolute atomic E-state index is 5.65. The Bertz CT molecular complexity index is 4620. The zero-order valence-electron chi connectivity index (χ0n) is 38.5. The Kier molecular flexibility index (Phi) is 6.94. The Morgan fingerprint density at radius 2 is 0.985 bits per heavy atom. The maximum Gasteiger partial charge on any atom is 0.146 e. The summed E-state index contributed by atoms with van der Waals surface area (Å²) in [6, 6.07) is 61.7. The first-order chi connectivity index (χ1) is 32.5. The van der Waals surface area contributed by atoms with Crippen molar-refractivity contribution in [1.29, 1.82) is 0 Å². The summed E-state index contributed by atoms with van der Waals surface area (Å²) in [5.41, 5.74) is 15.7. The molecule has 0 aliphatic heterocycles. The third-order valence-corrected chi connectivity index (χ3v) is 15.4. The quantitative estimate of drug-likeness (QED) is 0.170. The monoisotopic (exact) mass is 858 g/mol. The van der Waals surface area contributed by atoms with Gasteiger partial charge in [0.2, 0.25) is 0 Å². The molecular formula is C63H46N4. The molecule has 4 nitrogen and oxygen atoms in total. The molecule has 0 aliphatic carbocycles. The van der Waals surface area contributed by atoms with Crippen LogP contribution < -0.4 is 0 Å². The van der Waals surface area contributed by atoms with E-state index in [1.54, 1.807) is 0 Å². The Labute approximate surface area is 386 Å². The average molecular weight is 859 g/mol. The molecule has 0 atom stereocenters. The van der Waals surface area contributed by atoms with Gasteiger partial charge in [0, 0.05) is 65.1 Å². The molecule has 15 aromatic rings. The van der Waals surface area contributed by atoms with Gasteiger partial charge in [-0.2, -0.15) is 0 Å². The largest absolute Gasteiger partial charge is 0.309 e. The van der Waals surface area contributed by atoms with Crippen molar-refractivity contribution in [2.24, 2.45) is 0 Å². The molecule has 67 heavy (non-hydrogen) atoms. The summed E-state index contributed by atoms with van der Waals surface area (Å²) in [4.78, 5) is 5.65. The van der Waals surface area contributed by atoms with Gasteiger partial charge < -0.3 is 8.97 Å². The fourth-order valence-corrected chi connectivity index (χ4v) is 12.2. The van der Waals surface area contributed by atoms with E-state index in [2.05, 4.69) is 225 Å². The lowest BCUT2D eigenvalue weighted by Crippen LogP contribution is -2.10. The Morgan fingerprint density at radius 1 is 0.373 bits per heavy atom. The smallest absolute Gasteiger partial charge is 0.146 e. The summed E-state index contributed by atoms with van der Waals surface area (Å²) in [5, 5.41) is 17.7. The number of para-hydroxylation sites is 2. The second kappa shape index (κ2) is 12.5. The molecule has 6 heterocycles. The van der Waals surface area contributed by atoms with Crippen LogP contribution in [0.2, 0.25) is 0 Å². The zero-order chi connectivity index (χ0) is 44.8. The van der Waals surface area contributed by atoms with Crippen LogP contribution >= 0.6 is 0 Å². The van der Waals surface area contributed by atoms with Gasteiger partial charge in [0.15, 0.2) is 0 Å². The summed E-state index contributed by atoms with van der Waals surface area (Å²) in [7, 11) is 0. The van der Waals surface area contributed by atoms with Crippen molar-refractivity contribution in [3.05, 3.63) is 181 Å². The number of fused-ring (bicyclic) bond motifs is 19. The van der Waals surface area contributed by atoms with Gasteiger partial charge in [0.1, 0.15) is 5.65 Å². The number of nitrogens with zero attached hydrogens (tertiary/aromatic N) is 4. The minimum absolute atomic E-state index is 0.0249. The van der Waals surface area contributed by atoms with Gasteiger partial charge >= 0.3 is 0 Å². The van der Waals surface area contributed by atoms with E-state index < -0.39 is 0 Å². The van der Waals surface area contributed by atoms with Gasteiger partial charge in [-0.1, -0.05) is 139 Å². The average Bonchev–Trinajstić information content (AvgIpc) is 4.12. The van der Waals surface area contributed by atoms with Gasteiger partial charge in [0.05, 0.1) is 44.8 Å². The van der Waals surface area contributed by atoms with Gasteiger partial charge in [-0.3, -0.25) is 4.40 Å². The van der Waals surface area contributed by atoms with Gasteiger partial charge in [0.25, 0.3) is 0 Å². The van der Waals surface area contributed by atoms with Crippen LogP contribution in [0.4, 0.5) is 0 Å². The molecule has 0 radical (unpaired) electrons. The van der Waals surface area contributed by atoms with Gasteiger partial charge in [-0.25, -0.2) is 4.98 Å². The second-order valence-corrected chi connectivity index (χ2v) is 21.2. The summed E-state index contributed by atoms with van der Waals surface area (Å²) < 4.78 is 7.48. The van der Waals surface area contributed by atoms with Crippen LogP contribution in [0.25, 0.3) is 136 Å². The molecule has 0 bridgehead atoms. The first-order valence-corrected chi connectivity index (χ1v) is 23.7. The van der Waals surface area contributed by atoms with Crippen LogP contribution in [-0.2, 0) is 10.8 Å². The van der Waals surface area contributed by atoms with Crippen molar-refractivity contribution in [3.8, 4) is 16.8 Å². The number of aromatic nitrogens is 4. The normalized spacial score (nSPS) is 13.2. The van der Waals surface area contributed by atoms with E-state index in [-0.39, 0.29) is 10.8 Å². The van der Waals surface area contributed by atoms with Crippen molar-refractivity contribution in [2.75, 3.05) is 0 Å². The highest BCUT2D eigenvalue weighted by Gasteiger charge is 2.30. The first-order valence-electron chi connectivity index (χ1n) is 23.7. The Morgan fingerprint density at radius 3 is 1.78 bits per heavy atom. The molecule has 0 N–H and O–H groups in total. The third-order valence-electron chi connectivity index (χ3n) is 15.4. The van der Waals surface area contributed by atoms with Crippen LogP contribution in [0.3, 0.4) is 0 Å². The van der Waals surface area contributed by atoms with E-state index in [0.29, 0.717) is 0 Å². The standard InChI is InChI=1S/C63H46N4/c1-62(2,3)38-25-27-52-47(31-38)55-42-21-13-11-17-36(42)29-48-56-53(66(52)60(48)55)34-64-61-57(56)49-33-39(63(4,5)6)32-46-45-28-35-16-10-12-20-41(35)54(59(45)67(61)58(46)49)37-24-26-51-44(30-37)43-22-14-15-23-50(43)65(51)40-18-8-7-9-19-40/h7-34H,1-6H3. The zero-order valence-corrected chi connectivity index (χ0v) is 38.5. The van der Waals surface area contributed by atoms with E-state index in [4.69, 9.17) is 4.98 Å². The minimum Gasteiger partial charge on any atom is -0.309 e. The lowest BCUT2D eigenvalue weighted by Gasteiger charge is -2.19. The van der Waals surface area contributed by atoms with Crippen molar-refractivity contribution >= 4 is 120 Å². The molecule has 4 heteroatoms. The summed E-state index contributed by atoms with van der Waals surface area (Å²) in [6.07, 6.45) is 2.18. The molecule has 0 amide bonds. The lowest BCUT2D eigenvalue weighted by molar-refractivity contribution is 0.591. The molecule has 0 saturated heterocycles. The maximum atomic E-state index is 5.65. The van der Waals surface area contributed by atoms with E-state index in [1.807, 2.05) is 0 Å². The molecule has 15 rings (SSSR count). The van der Waals surface area contributed by atoms with Crippen LogP contribution in [0.5, 0.6) is 0 Å². The first kappa shape index (κ1) is 37.3. The van der Waals surface area contributed by atoms with Gasteiger partial charge in [-0.15, -0.1) is 0 Å². The number of hydrogen-bond donors (Lipinski definition) is 0. The van der Waals surface area contributed by atoms with Crippen molar-refractivity contribution in [1.82, 2.24) is 18.4 Å². The highest BCUT2D eigenvalue weighted by Crippen LogP contribution is 2.51. The van der Waals surface area contributed by atoms with Crippen LogP contribution in [0.1, 0.15) is 52.7 Å². The Balaban J connectivity index is 1.14. The molecule has 0 spiro atoms. The van der Waals surface area contributed by atoms with Crippen molar-refractivity contribution in [3.63, 3.8) is 0 Å². The molecular weight excluding hydrogens is 813 g/mol. The molecule has 318 valence electrons. The molecule has 9 aromatic carbocycles. The predicted octanol–water partition coefficient (Wildman–Crippen LogP) is 17.0. The van der Waals surface area contributed by atoms with Gasteiger partial charge in [-0.05, 0) is 116 Å². The predicted molar refractivity (Wildman–Crippen MR) is 286 cm³/mol. The topological polar surface area (TPSA) is 26.6 Å². The Hall–Kier alpha value is -7.95. The van der Waals surface area contributed by atoms with Crippen LogP contribution in [0, 0.1) is 0 Å². The number of benzene rings is 9. The van der Waals surface area contributed by atoms with E-state index in [1.165, 1.54) is 131 Å². The minimum atomic E-state index is -0.0899. The SMILES string of the molecule is CC(C)(C)c1ccc2c(c1)c1c3ccccc3cc3c4c5c6cc(C(C)(C)C)cc7c8cc9ccccc9c(-c9ccc%10c(c9)c9ccccc9n%10-c9ccccc9)c8n(c5ncc4n2c31)c76. The highest BCUT2D eigenvalue weighted by molar-refractivity contribution is 6.38. The van der Waals surface area contributed by atoms with Crippen LogP contribution in [0.15, 0.2) is 170 Å². The summed E-state index contributed by atoms with van der Waals surface area (Å²) >= 11 is 0. The van der Waals surface area contributed by atoms with Crippen LogP contribution in [-0.4, -0.2) is 18.4 Å². The van der Waals surface area contributed by atoms with E-state index >= 15 is 0 Å². The molecule has 0 unspecified atom stereocenters. The summed E-state index contributed by atoms with van der Waals surface area (Å²) in [5.74, 6) is 0. The summed E-state index contributed by atoms with van der Waals surface area (Å²) in [6.45, 7) is 14.0. The molecule has 0 saturated carbocycles. The third kappa shape index (κ3) is 4.74. The fourth-order valence-electron chi connectivity index (χ4n) is 12.2. The van der Waals surface area contributed by atoms with Crippen molar-refractivity contribution < 1.29 is 0 Å². The lowest BCUT2D eigenvalue weighted by atomic mass is 9.85. The highest BCUT2D eigenvalue weighted by atomic mass is 15.0. The number of hydrogen-bond acceptors (Lipinski definition) is 1. The number of pyridine rings is 1. The second-order valence-electron chi connectivity index (χ2n) is 21.2. The molecule has 6 aromatic heterocycles. The van der Waals surface area contributed by atoms with E-state index in [9.17, 15) is 0 Å². The number of rotatable bonds is 2. The fraction of sp³-hybridized carbons (Fsp3) is 0.127. The van der Waals surface area contributed by atoms with E-state index in [0.717, 1.165) is 16.9 Å². The van der Waals surface area contributed by atoms with Crippen molar-refractivity contribution in [2.45, 2.75) is 52.4 Å².